The molecule has 22 heavy (non-hydrogen) atoms. The molecule has 114 valence electrons. The van der Waals surface area contributed by atoms with E-state index in [1.165, 1.54) is 18.3 Å². The zero-order chi connectivity index (χ0) is 15.9. The first kappa shape index (κ1) is 16.5. The minimum absolute atomic E-state index is 0.146. The molecular formula is C15H12Br2N2O3. The SMILES string of the molecule is O=C(COc1ccc(Br)cc1Br)NN=Cc1ccc(O)cc1. The molecule has 0 saturated carbocycles. The lowest BCUT2D eigenvalue weighted by Gasteiger charge is -2.07. The number of carbonyl (C=O) groups is 1. The van der Waals surface area contributed by atoms with Crippen LogP contribution in [0.1, 0.15) is 5.56 Å². The van der Waals surface area contributed by atoms with Crippen molar-refractivity contribution in [3.8, 4) is 11.5 Å². The molecule has 0 unspecified atom stereocenters. The molecule has 2 aromatic rings. The van der Waals surface area contributed by atoms with Gasteiger partial charge < -0.3 is 9.84 Å². The molecule has 7 heteroatoms. The number of nitrogens with one attached hydrogen (secondary N) is 1. The van der Waals surface area contributed by atoms with Crippen molar-refractivity contribution in [2.75, 3.05) is 6.61 Å². The van der Waals surface area contributed by atoms with Crippen molar-refractivity contribution in [2.24, 2.45) is 5.10 Å². The minimum Gasteiger partial charge on any atom is -0.508 e. The maximum absolute atomic E-state index is 11.6. The van der Waals surface area contributed by atoms with Gasteiger partial charge in [-0.3, -0.25) is 4.79 Å². The van der Waals surface area contributed by atoms with E-state index >= 15 is 0 Å². The van der Waals surface area contributed by atoms with Crippen LogP contribution in [0.3, 0.4) is 0 Å². The highest BCUT2D eigenvalue weighted by atomic mass is 79.9. The van der Waals surface area contributed by atoms with Crippen LogP contribution in [0.4, 0.5) is 0 Å². The third-order valence-corrected chi connectivity index (χ3v) is 3.66. The second-order valence-corrected chi connectivity index (χ2v) is 6.02. The van der Waals surface area contributed by atoms with E-state index in [2.05, 4.69) is 42.4 Å². The number of aromatic hydroxyl groups is 1. The molecule has 0 radical (unpaired) electrons. The monoisotopic (exact) mass is 426 g/mol. The van der Waals surface area contributed by atoms with Gasteiger partial charge in [0.2, 0.25) is 0 Å². The summed E-state index contributed by atoms with van der Waals surface area (Å²) < 4.78 is 7.05. The molecule has 2 rings (SSSR count). The van der Waals surface area contributed by atoms with Gasteiger partial charge in [-0.25, -0.2) is 5.43 Å². The number of hydrazone groups is 1. The Bertz CT molecular complexity index is 688. The summed E-state index contributed by atoms with van der Waals surface area (Å²) in [5.41, 5.74) is 3.12. The zero-order valence-corrected chi connectivity index (χ0v) is 14.5. The van der Waals surface area contributed by atoms with Crippen molar-refractivity contribution in [1.29, 1.82) is 0 Å². The van der Waals surface area contributed by atoms with Crippen molar-refractivity contribution in [3.63, 3.8) is 0 Å². The predicted octanol–water partition coefficient (Wildman–Crippen LogP) is 3.45. The van der Waals surface area contributed by atoms with E-state index in [9.17, 15) is 4.79 Å². The maximum atomic E-state index is 11.6. The molecule has 0 spiro atoms. The molecule has 0 saturated heterocycles. The fraction of sp³-hybridized carbons (Fsp3) is 0.0667. The summed E-state index contributed by atoms with van der Waals surface area (Å²) in [6.07, 6.45) is 1.48. The quantitative estimate of drug-likeness (QED) is 0.567. The molecule has 0 aliphatic heterocycles. The summed E-state index contributed by atoms with van der Waals surface area (Å²) in [6.45, 7) is -0.146. The Morgan fingerprint density at radius 3 is 2.64 bits per heavy atom. The molecule has 0 aliphatic carbocycles. The van der Waals surface area contributed by atoms with Crippen molar-refractivity contribution >= 4 is 44.0 Å². The average Bonchev–Trinajstić information content (AvgIpc) is 2.48. The second kappa shape index (κ2) is 7.95. The predicted molar refractivity (Wildman–Crippen MR) is 91.2 cm³/mol. The number of carbonyl (C=O) groups excluding carboxylic acids is 1. The van der Waals surface area contributed by atoms with Crippen LogP contribution in [0.2, 0.25) is 0 Å². The number of phenols is 1. The van der Waals surface area contributed by atoms with E-state index in [1.807, 2.05) is 12.1 Å². The molecule has 2 N–H and O–H groups in total. The van der Waals surface area contributed by atoms with Gasteiger partial charge in [-0.05, 0) is 64.0 Å². The Labute approximate surface area is 144 Å². The number of phenolic OH excluding ortho intramolecular Hbond substituents is 1. The van der Waals surface area contributed by atoms with E-state index in [0.29, 0.717) is 5.75 Å². The summed E-state index contributed by atoms with van der Waals surface area (Å²) >= 11 is 6.69. The van der Waals surface area contributed by atoms with Crippen LogP contribution in [-0.2, 0) is 4.79 Å². The van der Waals surface area contributed by atoms with Crippen LogP contribution in [0.5, 0.6) is 11.5 Å². The first-order chi connectivity index (χ1) is 10.5. The summed E-state index contributed by atoms with van der Waals surface area (Å²) in [7, 11) is 0. The molecule has 2 aromatic carbocycles. The molecule has 0 bridgehead atoms. The number of nitrogens with zero attached hydrogens (tertiary/aromatic N) is 1. The smallest absolute Gasteiger partial charge is 0.277 e. The molecular weight excluding hydrogens is 416 g/mol. The topological polar surface area (TPSA) is 70.9 Å². The Hall–Kier alpha value is -1.86. The van der Waals surface area contributed by atoms with Crippen LogP contribution in [0, 0.1) is 0 Å². The Morgan fingerprint density at radius 1 is 1.23 bits per heavy atom. The van der Waals surface area contributed by atoms with Gasteiger partial charge in [0.05, 0.1) is 10.7 Å². The molecule has 0 fully saturated rings. The number of amides is 1. The normalized spacial score (nSPS) is 10.6. The van der Waals surface area contributed by atoms with Gasteiger partial charge in [-0.15, -0.1) is 0 Å². The Kier molecular flexibility index (Phi) is 5.97. The van der Waals surface area contributed by atoms with E-state index < -0.39 is 0 Å². The molecule has 1 amide bonds. The van der Waals surface area contributed by atoms with Gasteiger partial charge in [0.1, 0.15) is 11.5 Å². The van der Waals surface area contributed by atoms with Gasteiger partial charge in [0.15, 0.2) is 6.61 Å². The first-order valence-corrected chi connectivity index (χ1v) is 7.82. The highest BCUT2D eigenvalue weighted by Crippen LogP contribution is 2.27. The molecule has 5 nitrogen and oxygen atoms in total. The molecule has 0 aliphatic rings. The van der Waals surface area contributed by atoms with E-state index in [4.69, 9.17) is 9.84 Å². The lowest BCUT2D eigenvalue weighted by Crippen LogP contribution is -2.24. The number of benzene rings is 2. The lowest BCUT2D eigenvalue weighted by molar-refractivity contribution is -0.123. The Balaban J connectivity index is 1.81. The highest BCUT2D eigenvalue weighted by molar-refractivity contribution is 9.11. The second-order valence-electron chi connectivity index (χ2n) is 4.25. The number of rotatable bonds is 5. The van der Waals surface area contributed by atoms with Crippen LogP contribution in [0.25, 0.3) is 0 Å². The van der Waals surface area contributed by atoms with Gasteiger partial charge in [0.25, 0.3) is 5.91 Å². The van der Waals surface area contributed by atoms with E-state index in [1.54, 1.807) is 18.2 Å². The fourth-order valence-corrected chi connectivity index (χ4v) is 2.67. The van der Waals surface area contributed by atoms with Crippen LogP contribution < -0.4 is 10.2 Å². The first-order valence-electron chi connectivity index (χ1n) is 6.23. The van der Waals surface area contributed by atoms with Gasteiger partial charge in [0, 0.05) is 4.47 Å². The number of halogens is 2. The fourth-order valence-electron chi connectivity index (χ4n) is 1.51. The summed E-state index contributed by atoms with van der Waals surface area (Å²) in [5, 5.41) is 13.0. The lowest BCUT2D eigenvalue weighted by atomic mass is 10.2. The van der Waals surface area contributed by atoms with Crippen molar-refractivity contribution < 1.29 is 14.6 Å². The van der Waals surface area contributed by atoms with Crippen molar-refractivity contribution in [1.82, 2.24) is 5.43 Å². The minimum atomic E-state index is -0.371. The van der Waals surface area contributed by atoms with Gasteiger partial charge >= 0.3 is 0 Å². The molecule has 0 atom stereocenters. The highest BCUT2D eigenvalue weighted by Gasteiger charge is 2.05. The van der Waals surface area contributed by atoms with E-state index in [0.717, 1.165) is 14.5 Å². The Morgan fingerprint density at radius 2 is 1.95 bits per heavy atom. The zero-order valence-electron chi connectivity index (χ0n) is 11.3. The largest absolute Gasteiger partial charge is 0.508 e. The maximum Gasteiger partial charge on any atom is 0.277 e. The van der Waals surface area contributed by atoms with Gasteiger partial charge in [-0.2, -0.15) is 5.10 Å². The van der Waals surface area contributed by atoms with Crippen LogP contribution in [0.15, 0.2) is 56.5 Å². The standard InChI is InChI=1S/C15H12Br2N2O3/c16-11-3-6-14(13(17)7-11)22-9-15(21)19-18-8-10-1-4-12(20)5-2-10/h1-8,20H,9H2,(H,19,21). The molecule has 0 aromatic heterocycles. The number of hydrogen-bond donors (Lipinski definition) is 2. The van der Waals surface area contributed by atoms with Crippen molar-refractivity contribution in [2.45, 2.75) is 0 Å². The number of hydrogen-bond acceptors (Lipinski definition) is 4. The summed E-state index contributed by atoms with van der Waals surface area (Å²) in [5.74, 6) is 0.375. The average molecular weight is 428 g/mol. The van der Waals surface area contributed by atoms with Crippen LogP contribution in [-0.4, -0.2) is 23.8 Å². The molecule has 0 heterocycles. The van der Waals surface area contributed by atoms with E-state index in [-0.39, 0.29) is 18.3 Å². The third kappa shape index (κ3) is 5.16. The summed E-state index contributed by atoms with van der Waals surface area (Å²) in [4.78, 5) is 11.6. The summed E-state index contributed by atoms with van der Waals surface area (Å²) in [6, 6.07) is 11.8. The number of ether oxygens (including phenoxy) is 1. The van der Waals surface area contributed by atoms with Crippen molar-refractivity contribution in [3.05, 3.63) is 57.0 Å². The van der Waals surface area contributed by atoms with Crippen LogP contribution >= 0.6 is 31.9 Å². The van der Waals surface area contributed by atoms with Gasteiger partial charge in [-0.1, -0.05) is 15.9 Å². The third-order valence-electron chi connectivity index (χ3n) is 2.55.